The fourth-order valence-corrected chi connectivity index (χ4v) is 8.86. The average Bonchev–Trinajstić information content (AvgIpc) is 3.68. The van der Waals surface area contributed by atoms with Gasteiger partial charge in [-0.1, -0.05) is 90.1 Å². The van der Waals surface area contributed by atoms with Gasteiger partial charge in [0.2, 0.25) is 5.60 Å². The second-order valence-corrected chi connectivity index (χ2v) is 17.7. The molecule has 2 N–H and O–H groups in total. The number of hydrogen-bond donors (Lipinski definition) is 2. The van der Waals surface area contributed by atoms with E-state index >= 15 is 0 Å². The highest BCUT2D eigenvalue weighted by Crippen LogP contribution is 2.42. The number of fused-ring (bicyclic) bond motifs is 1. The smallest absolute Gasteiger partial charge is 0.353 e. The van der Waals surface area contributed by atoms with Crippen molar-refractivity contribution in [2.24, 2.45) is 5.16 Å². The molecule has 13 nitrogen and oxygen atoms in total. The number of nitrogens with one attached hydrogen (secondary N) is 2. The van der Waals surface area contributed by atoms with E-state index in [9.17, 15) is 24.3 Å². The minimum atomic E-state index is -1.63. The van der Waals surface area contributed by atoms with E-state index in [1.54, 1.807) is 38.5 Å². The van der Waals surface area contributed by atoms with E-state index in [2.05, 4.69) is 15.8 Å². The number of carboxylic acid groups (broad SMARTS) is 1. The van der Waals surface area contributed by atoms with Crippen LogP contribution in [0.5, 0.6) is 0 Å². The molecule has 4 heterocycles. The molecule has 0 aliphatic carbocycles. The molecule has 6 rings (SSSR count). The van der Waals surface area contributed by atoms with Gasteiger partial charge >= 0.3 is 5.97 Å². The number of thioether (sulfide) groups is 1. The molecule has 2 aromatic heterocycles. The van der Waals surface area contributed by atoms with Crippen molar-refractivity contribution in [3.8, 4) is 0 Å². The van der Waals surface area contributed by atoms with Crippen LogP contribution < -0.4 is 20.3 Å². The first-order chi connectivity index (χ1) is 28.6. The Balaban J connectivity index is 1.35. The number of β-lactam (4-membered cyclic amide) rings is 1. The number of carbonyl (C=O) groups excluding carboxylic acids is 4. The molecule has 2 unspecified atom stereocenters. The molecule has 2 aliphatic rings. The second-order valence-electron chi connectivity index (χ2n) is 15.7. The summed E-state index contributed by atoms with van der Waals surface area (Å²) in [7, 11) is 0. The third-order valence-corrected chi connectivity index (χ3v) is 11.8. The quantitative estimate of drug-likeness (QED) is 0.0403. The molecule has 2 atom stereocenters. The Bertz CT molecular complexity index is 2310. The van der Waals surface area contributed by atoms with Crippen LogP contribution in [0.25, 0.3) is 0 Å². The summed E-state index contributed by atoms with van der Waals surface area (Å²) in [5, 5.41) is 24.4. The fourth-order valence-electron chi connectivity index (χ4n) is 6.77. The third-order valence-electron chi connectivity index (χ3n) is 9.73. The molecule has 2 aromatic carbocycles. The molecule has 0 spiro atoms. The van der Waals surface area contributed by atoms with Gasteiger partial charge in [0, 0.05) is 28.8 Å². The zero-order valence-electron chi connectivity index (χ0n) is 34.5. The lowest BCUT2D eigenvalue weighted by atomic mass is 9.77. The van der Waals surface area contributed by atoms with Crippen LogP contribution in [0.4, 0.5) is 5.13 Å². The Morgan fingerprint density at radius 2 is 1.60 bits per heavy atom. The number of rotatable bonds is 15. The topological polar surface area (TPSA) is 166 Å². The number of ether oxygens (including phenoxy) is 1. The number of amides is 2. The highest BCUT2D eigenvalue weighted by Gasteiger charge is 2.53. The summed E-state index contributed by atoms with van der Waals surface area (Å²) in [5.41, 5.74) is -0.457. The maximum atomic E-state index is 14.3. The van der Waals surface area contributed by atoms with E-state index in [0.717, 1.165) is 21.6 Å². The number of aliphatic carboxylic acids is 1. The summed E-state index contributed by atoms with van der Waals surface area (Å²) < 4.78 is 7.37. The molecule has 15 heteroatoms. The molecule has 0 saturated carbocycles. The molecule has 4 aromatic rings. The monoisotopic (exact) mass is 848 g/mol. The van der Waals surface area contributed by atoms with Crippen LogP contribution in [-0.4, -0.2) is 67.7 Å². The summed E-state index contributed by atoms with van der Waals surface area (Å²) in [6.07, 6.45) is 9.54. The Kier molecular flexibility index (Phi) is 13.1. The lowest BCUT2D eigenvalue weighted by molar-refractivity contribution is -0.689. The largest absolute Gasteiger partial charge is 0.543 e. The van der Waals surface area contributed by atoms with Gasteiger partial charge < -0.3 is 30.1 Å². The molecule has 2 aliphatic heterocycles. The minimum absolute atomic E-state index is 0.0996. The molecular weight excluding hydrogens is 801 g/mol. The number of oxime groups is 1. The van der Waals surface area contributed by atoms with E-state index in [4.69, 9.17) is 14.6 Å². The first-order valence-electron chi connectivity index (χ1n) is 19.3. The molecule has 0 bridgehead atoms. The van der Waals surface area contributed by atoms with Gasteiger partial charge in [-0.25, -0.2) is 14.3 Å². The van der Waals surface area contributed by atoms with Crippen LogP contribution in [0, 0.1) is 0 Å². The lowest BCUT2D eigenvalue weighted by Crippen LogP contribution is -2.71. The Hall–Kier alpha value is -6.06. The number of allylic oxidation sites excluding steroid dienone is 3. The van der Waals surface area contributed by atoms with E-state index < -0.39 is 51.9 Å². The first kappa shape index (κ1) is 43.5. The molecule has 1 saturated heterocycles. The second kappa shape index (κ2) is 18.1. The predicted octanol–water partition coefficient (Wildman–Crippen LogP) is 5.25. The molecule has 2 amide bonds. The van der Waals surface area contributed by atoms with Gasteiger partial charge in [0.15, 0.2) is 29.8 Å². The van der Waals surface area contributed by atoms with Gasteiger partial charge in [0.1, 0.15) is 28.2 Å². The van der Waals surface area contributed by atoms with Gasteiger partial charge in [-0.3, -0.25) is 14.5 Å². The molecular formula is C45H48N6O7S2. The number of pyridine rings is 1. The van der Waals surface area contributed by atoms with Crippen molar-refractivity contribution in [3.63, 3.8) is 0 Å². The van der Waals surface area contributed by atoms with Crippen LogP contribution in [0.3, 0.4) is 0 Å². The van der Waals surface area contributed by atoms with Gasteiger partial charge in [-0.2, -0.15) is 0 Å². The Labute approximate surface area is 357 Å². The molecule has 1 fully saturated rings. The number of carbonyl (C=O) groups is 4. The van der Waals surface area contributed by atoms with Gasteiger partial charge in [-0.05, 0) is 65.2 Å². The SMILES string of the molecule is C/C=C/C=C(\C)C(Nc1nc(/C(=N/OC(C)(C)C(=O)OC(C)(C)C)C(=O)NC2C(=O)N3C(C(=O)[O-])=C(C[n+]4ccccc4)CSC23)cs1)(c1ccccc1)c1ccccc1. The first-order valence-corrected chi connectivity index (χ1v) is 21.3. The van der Waals surface area contributed by atoms with Crippen LogP contribution >= 0.6 is 23.1 Å². The van der Waals surface area contributed by atoms with E-state index in [-0.39, 0.29) is 29.4 Å². The summed E-state index contributed by atoms with van der Waals surface area (Å²) in [5.74, 6) is -3.35. The number of carboxylic acids is 1. The standard InChI is InChI=1S/C45H48N6O7S2/c1-8-9-19-29(2)45(31-20-13-10-14-21-31,32-22-15-11-16-23-32)48-42-46-33(28-60-42)34(49-58-44(6,7)41(56)57-43(3,4)5)37(52)47-35-38(53)51-36(40(54)55)30(27-59-39(35)51)26-50-24-17-12-18-25-50/h8-25,28,35,39H,26-27H2,1-7H3,(H2-,46,47,48,52,54,55)/b9-8+,29-19+,49-34-. The summed E-state index contributed by atoms with van der Waals surface area (Å²) in [6, 6.07) is 24.3. The average molecular weight is 849 g/mol. The Morgan fingerprint density at radius 3 is 2.18 bits per heavy atom. The van der Waals surface area contributed by atoms with Crippen molar-refractivity contribution in [1.29, 1.82) is 0 Å². The number of nitrogens with zero attached hydrogens (tertiary/aromatic N) is 4. The highest BCUT2D eigenvalue weighted by molar-refractivity contribution is 8.00. The maximum absolute atomic E-state index is 14.3. The molecule has 60 heavy (non-hydrogen) atoms. The van der Waals surface area contributed by atoms with E-state index in [1.165, 1.54) is 36.9 Å². The van der Waals surface area contributed by atoms with Crippen LogP contribution in [-0.2, 0) is 40.8 Å². The van der Waals surface area contributed by atoms with Crippen LogP contribution in [0.15, 0.2) is 137 Å². The predicted molar refractivity (Wildman–Crippen MR) is 229 cm³/mol. The van der Waals surface area contributed by atoms with Crippen molar-refractivity contribution in [2.45, 2.75) is 83.2 Å². The summed E-state index contributed by atoms with van der Waals surface area (Å²) in [4.78, 5) is 65.4. The van der Waals surface area contributed by atoms with Gasteiger partial charge in [0.25, 0.3) is 11.8 Å². The minimum Gasteiger partial charge on any atom is -0.543 e. The van der Waals surface area contributed by atoms with Crippen molar-refractivity contribution in [2.75, 3.05) is 11.1 Å². The van der Waals surface area contributed by atoms with Crippen molar-refractivity contribution in [1.82, 2.24) is 15.2 Å². The number of anilines is 1. The lowest BCUT2D eigenvalue weighted by Gasteiger charge is -2.50. The van der Waals surface area contributed by atoms with Crippen LogP contribution in [0.2, 0.25) is 0 Å². The number of thiazole rings is 1. The van der Waals surface area contributed by atoms with Crippen molar-refractivity contribution < 1.29 is 38.4 Å². The van der Waals surface area contributed by atoms with Crippen molar-refractivity contribution in [3.05, 3.63) is 149 Å². The zero-order chi connectivity index (χ0) is 43.2. The number of esters is 1. The number of aromatic nitrogens is 2. The van der Waals surface area contributed by atoms with Crippen molar-refractivity contribution >= 4 is 57.7 Å². The maximum Gasteiger partial charge on any atom is 0.353 e. The Morgan fingerprint density at radius 1 is 0.983 bits per heavy atom. The van der Waals surface area contributed by atoms with E-state index in [1.807, 2.05) is 116 Å². The molecule has 0 radical (unpaired) electrons. The highest BCUT2D eigenvalue weighted by atomic mass is 32.2. The zero-order valence-corrected chi connectivity index (χ0v) is 36.1. The normalized spacial score (nSPS) is 17.5. The number of hydrogen-bond acceptors (Lipinski definition) is 12. The third kappa shape index (κ3) is 9.37. The van der Waals surface area contributed by atoms with E-state index in [0.29, 0.717) is 10.7 Å². The van der Waals surface area contributed by atoms with Gasteiger partial charge in [0.05, 0.1) is 11.7 Å². The van der Waals surface area contributed by atoms with Crippen LogP contribution in [0.1, 0.15) is 65.3 Å². The summed E-state index contributed by atoms with van der Waals surface area (Å²) >= 11 is 2.55. The number of benzene rings is 2. The summed E-state index contributed by atoms with van der Waals surface area (Å²) in [6.45, 7) is 12.3. The van der Waals surface area contributed by atoms with Gasteiger partial charge in [-0.15, -0.1) is 23.1 Å². The molecule has 312 valence electrons. The fraction of sp³-hybridized carbons (Fsp3) is 0.311.